The number of carboxylic acids is 1. The highest BCUT2D eigenvalue weighted by Crippen LogP contribution is 2.25. The molecule has 0 saturated carbocycles. The molecule has 1 N–H and O–H groups in total. The second-order valence-electron chi connectivity index (χ2n) is 6.15. The van der Waals surface area contributed by atoms with Crippen molar-refractivity contribution in [2.75, 3.05) is 6.54 Å². The Morgan fingerprint density at radius 3 is 2.68 bits per heavy atom. The van der Waals surface area contributed by atoms with Crippen LogP contribution in [0.15, 0.2) is 24.5 Å². The highest BCUT2D eigenvalue weighted by atomic mass is 16.6. The summed E-state index contributed by atoms with van der Waals surface area (Å²) >= 11 is 0. The molecule has 0 bridgehead atoms. The third-order valence-corrected chi connectivity index (χ3v) is 3.11. The Morgan fingerprint density at radius 1 is 1.41 bits per heavy atom. The van der Waals surface area contributed by atoms with Crippen molar-refractivity contribution in [3.8, 4) is 5.75 Å². The second kappa shape index (κ2) is 6.21. The Labute approximate surface area is 128 Å². The number of aromatic nitrogens is 1. The molecule has 2 rings (SSSR count). The fraction of sp³-hybridized carbons (Fsp3) is 0.533. The number of amides is 1. The van der Waals surface area contributed by atoms with E-state index in [4.69, 9.17) is 9.47 Å². The molecule has 1 aliphatic heterocycles. The Hall–Kier alpha value is -2.31. The van der Waals surface area contributed by atoms with Gasteiger partial charge < -0.3 is 14.6 Å². The van der Waals surface area contributed by atoms with Gasteiger partial charge in [0.15, 0.2) is 0 Å². The maximum Gasteiger partial charge on any atom is 0.411 e. The van der Waals surface area contributed by atoms with E-state index in [1.54, 1.807) is 45.3 Å². The fourth-order valence-corrected chi connectivity index (χ4v) is 2.25. The number of rotatable bonds is 3. The van der Waals surface area contributed by atoms with Gasteiger partial charge in [0, 0.05) is 12.6 Å². The summed E-state index contributed by atoms with van der Waals surface area (Å²) < 4.78 is 10.9. The highest BCUT2D eigenvalue weighted by Gasteiger charge is 2.42. The van der Waals surface area contributed by atoms with Crippen molar-refractivity contribution in [2.24, 2.45) is 0 Å². The minimum atomic E-state index is -1.07. The quantitative estimate of drug-likeness (QED) is 0.917. The first kappa shape index (κ1) is 16.1. The van der Waals surface area contributed by atoms with Crippen molar-refractivity contribution in [3.63, 3.8) is 0 Å². The van der Waals surface area contributed by atoms with Gasteiger partial charge in [0.2, 0.25) is 0 Å². The molecule has 2 atom stereocenters. The molecule has 1 aliphatic rings. The van der Waals surface area contributed by atoms with Crippen LogP contribution < -0.4 is 4.74 Å². The lowest BCUT2D eigenvalue weighted by atomic mass is 10.2. The van der Waals surface area contributed by atoms with E-state index in [0.717, 1.165) is 0 Å². The van der Waals surface area contributed by atoms with Gasteiger partial charge in [0.25, 0.3) is 0 Å². The largest absolute Gasteiger partial charge is 0.487 e. The summed E-state index contributed by atoms with van der Waals surface area (Å²) in [5.74, 6) is -0.522. The van der Waals surface area contributed by atoms with E-state index < -0.39 is 29.8 Å². The zero-order valence-corrected chi connectivity index (χ0v) is 12.9. The van der Waals surface area contributed by atoms with Crippen LogP contribution in [0.5, 0.6) is 5.75 Å². The summed E-state index contributed by atoms with van der Waals surface area (Å²) in [4.78, 5) is 28.6. The minimum absolute atomic E-state index is 0.167. The molecule has 120 valence electrons. The summed E-state index contributed by atoms with van der Waals surface area (Å²) in [5.41, 5.74) is -0.678. The molecule has 0 spiro atoms. The third kappa shape index (κ3) is 4.09. The van der Waals surface area contributed by atoms with Crippen molar-refractivity contribution in [3.05, 3.63) is 24.5 Å². The van der Waals surface area contributed by atoms with E-state index in [1.807, 2.05) is 0 Å². The molecule has 0 aromatic carbocycles. The maximum absolute atomic E-state index is 12.1. The lowest BCUT2D eigenvalue weighted by molar-refractivity contribution is -0.142. The van der Waals surface area contributed by atoms with Gasteiger partial charge in [-0.25, -0.2) is 9.59 Å². The summed E-state index contributed by atoms with van der Waals surface area (Å²) in [5, 5.41) is 9.30. The normalized spacial score (nSPS) is 21.5. The number of nitrogens with zero attached hydrogens (tertiary/aromatic N) is 2. The number of hydrogen-bond acceptors (Lipinski definition) is 5. The van der Waals surface area contributed by atoms with Gasteiger partial charge >= 0.3 is 12.1 Å². The summed E-state index contributed by atoms with van der Waals surface area (Å²) in [6, 6.07) is 2.51. The fourth-order valence-electron chi connectivity index (χ4n) is 2.25. The van der Waals surface area contributed by atoms with Crippen LogP contribution in [0.25, 0.3) is 0 Å². The van der Waals surface area contributed by atoms with Crippen LogP contribution in [-0.2, 0) is 9.53 Å². The molecular formula is C15H20N2O5. The molecule has 0 aliphatic carbocycles. The van der Waals surface area contributed by atoms with Gasteiger partial charge in [-0.1, -0.05) is 0 Å². The number of ether oxygens (including phenoxy) is 2. The number of carbonyl (C=O) groups excluding carboxylic acids is 1. The van der Waals surface area contributed by atoms with Crippen molar-refractivity contribution >= 4 is 12.1 Å². The van der Waals surface area contributed by atoms with Crippen molar-refractivity contribution in [1.29, 1.82) is 0 Å². The predicted octanol–water partition coefficient (Wildman–Crippen LogP) is 1.92. The number of pyridine rings is 1. The monoisotopic (exact) mass is 308 g/mol. The number of likely N-dealkylation sites (tertiary alicyclic amines) is 1. The van der Waals surface area contributed by atoms with E-state index in [0.29, 0.717) is 5.75 Å². The number of carbonyl (C=O) groups is 2. The molecule has 2 heterocycles. The van der Waals surface area contributed by atoms with Crippen LogP contribution in [0.2, 0.25) is 0 Å². The minimum Gasteiger partial charge on any atom is -0.487 e. The zero-order valence-electron chi connectivity index (χ0n) is 12.9. The average Bonchev–Trinajstić information content (AvgIpc) is 2.82. The number of hydrogen-bond donors (Lipinski definition) is 1. The van der Waals surface area contributed by atoms with Crippen LogP contribution in [0.3, 0.4) is 0 Å². The topological polar surface area (TPSA) is 89.0 Å². The highest BCUT2D eigenvalue weighted by molar-refractivity contribution is 5.81. The van der Waals surface area contributed by atoms with Crippen LogP contribution in [-0.4, -0.2) is 51.3 Å². The molecule has 1 aromatic rings. The Kier molecular flexibility index (Phi) is 4.54. The molecule has 0 unspecified atom stereocenters. The molecule has 22 heavy (non-hydrogen) atoms. The van der Waals surface area contributed by atoms with Crippen molar-refractivity contribution < 1.29 is 24.2 Å². The van der Waals surface area contributed by atoms with Crippen molar-refractivity contribution in [1.82, 2.24) is 9.88 Å². The van der Waals surface area contributed by atoms with E-state index in [-0.39, 0.29) is 13.0 Å². The van der Waals surface area contributed by atoms with E-state index in [1.165, 1.54) is 4.90 Å². The van der Waals surface area contributed by atoms with E-state index in [2.05, 4.69) is 4.98 Å². The molecule has 7 nitrogen and oxygen atoms in total. The van der Waals surface area contributed by atoms with Crippen LogP contribution in [0.4, 0.5) is 4.79 Å². The molecule has 1 amide bonds. The lowest BCUT2D eigenvalue weighted by Crippen LogP contribution is -2.43. The second-order valence-corrected chi connectivity index (χ2v) is 6.15. The Bertz CT molecular complexity index is 541. The molecule has 1 saturated heterocycles. The van der Waals surface area contributed by atoms with Gasteiger partial charge in [-0.05, 0) is 32.9 Å². The molecule has 7 heteroatoms. The SMILES string of the molecule is CC(C)(C)OC(=O)N1C[C@@H](Oc2cccnc2)C[C@@H]1C(=O)O. The Morgan fingerprint density at radius 2 is 2.14 bits per heavy atom. The first-order chi connectivity index (χ1) is 10.3. The van der Waals surface area contributed by atoms with Gasteiger partial charge in [0.1, 0.15) is 23.5 Å². The molecule has 1 aromatic heterocycles. The van der Waals surface area contributed by atoms with Gasteiger partial charge in [0.05, 0.1) is 12.7 Å². The Balaban J connectivity index is 2.06. The van der Waals surface area contributed by atoms with Crippen LogP contribution in [0.1, 0.15) is 27.2 Å². The summed E-state index contributed by atoms with van der Waals surface area (Å²) in [6.07, 6.45) is 2.33. The maximum atomic E-state index is 12.1. The average molecular weight is 308 g/mol. The first-order valence-electron chi connectivity index (χ1n) is 7.05. The summed E-state index contributed by atoms with van der Waals surface area (Å²) in [7, 11) is 0. The first-order valence-corrected chi connectivity index (χ1v) is 7.05. The molecule has 0 radical (unpaired) electrons. The third-order valence-electron chi connectivity index (χ3n) is 3.11. The van der Waals surface area contributed by atoms with Crippen LogP contribution >= 0.6 is 0 Å². The predicted molar refractivity (Wildman–Crippen MR) is 77.6 cm³/mol. The number of carboxylic acid groups (broad SMARTS) is 1. The van der Waals surface area contributed by atoms with Gasteiger partial charge in [-0.3, -0.25) is 9.88 Å². The van der Waals surface area contributed by atoms with Gasteiger partial charge in [-0.15, -0.1) is 0 Å². The smallest absolute Gasteiger partial charge is 0.411 e. The zero-order chi connectivity index (χ0) is 16.3. The molecule has 1 fully saturated rings. The number of aliphatic carboxylic acids is 1. The summed E-state index contributed by atoms with van der Waals surface area (Å²) in [6.45, 7) is 5.38. The van der Waals surface area contributed by atoms with Crippen molar-refractivity contribution in [2.45, 2.75) is 44.9 Å². The molecular weight excluding hydrogens is 288 g/mol. The van der Waals surface area contributed by atoms with Crippen LogP contribution in [0, 0.1) is 0 Å². The van der Waals surface area contributed by atoms with E-state index in [9.17, 15) is 14.7 Å². The van der Waals surface area contributed by atoms with E-state index >= 15 is 0 Å². The lowest BCUT2D eigenvalue weighted by Gasteiger charge is -2.26. The standard InChI is InChI=1S/C15H20N2O5/c1-15(2,3)22-14(20)17-9-11(7-12(17)13(18)19)21-10-5-4-6-16-8-10/h4-6,8,11-12H,7,9H2,1-3H3,(H,18,19)/t11-,12+/m0/s1. The van der Waals surface area contributed by atoms with Gasteiger partial charge in [-0.2, -0.15) is 0 Å².